The van der Waals surface area contributed by atoms with E-state index in [1.807, 2.05) is 30.1 Å². The number of methoxy groups -OCH3 is 2. The van der Waals surface area contributed by atoms with Crippen molar-refractivity contribution in [1.82, 2.24) is 9.47 Å². The van der Waals surface area contributed by atoms with Gasteiger partial charge in [-0.2, -0.15) is 0 Å². The molecule has 1 heterocycles. The summed E-state index contributed by atoms with van der Waals surface area (Å²) in [7, 11) is 5.19. The summed E-state index contributed by atoms with van der Waals surface area (Å²) in [6, 6.07) is 14.5. The first-order valence-electron chi connectivity index (χ1n) is 12.2. The van der Waals surface area contributed by atoms with Crippen molar-refractivity contribution in [2.24, 2.45) is 0 Å². The van der Waals surface area contributed by atoms with Gasteiger partial charge in [0, 0.05) is 25.8 Å². The van der Waals surface area contributed by atoms with Crippen LogP contribution in [0.5, 0.6) is 11.5 Å². The number of rotatable bonds is 8. The third kappa shape index (κ3) is 4.84. The molecule has 0 N–H and O–H groups in total. The van der Waals surface area contributed by atoms with Crippen molar-refractivity contribution in [1.29, 1.82) is 0 Å². The van der Waals surface area contributed by atoms with Gasteiger partial charge in [-0.05, 0) is 80.3 Å². The summed E-state index contributed by atoms with van der Waals surface area (Å²) in [5.41, 5.74) is 8.34. The molecule has 0 atom stereocenters. The number of aryl methyl sites for hydroxylation is 1. The lowest BCUT2D eigenvalue weighted by molar-refractivity contribution is 0.0785. The van der Waals surface area contributed by atoms with Crippen molar-refractivity contribution < 1.29 is 14.3 Å². The van der Waals surface area contributed by atoms with Crippen molar-refractivity contribution in [2.75, 3.05) is 27.8 Å². The van der Waals surface area contributed by atoms with Crippen LogP contribution >= 0.6 is 0 Å². The maximum Gasteiger partial charge on any atom is 0.270 e. The molecule has 0 aliphatic heterocycles. The Hall–Kier alpha value is -3.21. The average Bonchev–Trinajstić information content (AvgIpc) is 3.13. The Balaban J connectivity index is 1.59. The lowest BCUT2D eigenvalue weighted by Crippen LogP contribution is -2.31. The van der Waals surface area contributed by atoms with Crippen LogP contribution in [0.1, 0.15) is 56.8 Å². The first-order valence-corrected chi connectivity index (χ1v) is 12.2. The van der Waals surface area contributed by atoms with Crippen LogP contribution in [0.25, 0.3) is 0 Å². The highest BCUT2D eigenvalue weighted by Crippen LogP contribution is 2.32. The molecular weight excluding hydrogens is 424 g/mol. The van der Waals surface area contributed by atoms with E-state index in [1.54, 1.807) is 14.2 Å². The molecule has 2 aromatic carbocycles. The predicted molar refractivity (Wildman–Crippen MR) is 136 cm³/mol. The van der Waals surface area contributed by atoms with Gasteiger partial charge < -0.3 is 18.9 Å². The molecule has 1 aliphatic carbocycles. The molecule has 0 spiro atoms. The van der Waals surface area contributed by atoms with E-state index >= 15 is 0 Å². The lowest BCUT2D eigenvalue weighted by Gasteiger charge is -2.21. The lowest BCUT2D eigenvalue weighted by atomic mass is 9.95. The van der Waals surface area contributed by atoms with Crippen LogP contribution in [0, 0.1) is 13.8 Å². The van der Waals surface area contributed by atoms with Gasteiger partial charge in [-0.1, -0.05) is 35.9 Å². The Labute approximate surface area is 203 Å². The Morgan fingerprint density at radius 3 is 2.47 bits per heavy atom. The monoisotopic (exact) mass is 460 g/mol. The molecule has 0 unspecified atom stereocenters. The number of fused-ring (bicyclic) bond motifs is 1. The Bertz CT molecular complexity index is 1180. The molecule has 3 aromatic rings. The standard InChI is InChI=1S/C29H36N2O3/c1-20-9-8-10-23(17-20)19-31-25-12-7-6-11-24(25)21(2)28(31)29(32)30(3)16-15-22-13-14-26(33-4)27(18-22)34-5/h8-10,13-14,17-18H,6-7,11-12,15-16,19H2,1-5H3. The maximum atomic E-state index is 13.8. The van der Waals surface area contributed by atoms with Crippen molar-refractivity contribution in [3.05, 3.63) is 81.7 Å². The molecule has 0 saturated heterocycles. The number of ether oxygens (including phenoxy) is 2. The molecule has 0 radical (unpaired) electrons. The van der Waals surface area contributed by atoms with E-state index in [4.69, 9.17) is 9.47 Å². The van der Waals surface area contributed by atoms with Gasteiger partial charge in [-0.25, -0.2) is 0 Å². The number of amides is 1. The zero-order valence-corrected chi connectivity index (χ0v) is 21.1. The van der Waals surface area contributed by atoms with Gasteiger partial charge in [0.1, 0.15) is 5.69 Å². The summed E-state index contributed by atoms with van der Waals surface area (Å²) >= 11 is 0. The maximum absolute atomic E-state index is 13.8. The van der Waals surface area contributed by atoms with E-state index in [0.717, 1.165) is 42.6 Å². The van der Waals surface area contributed by atoms with Crippen LogP contribution in [0.3, 0.4) is 0 Å². The third-order valence-electron chi connectivity index (χ3n) is 7.00. The minimum atomic E-state index is 0.0972. The molecule has 4 rings (SSSR count). The number of hydrogen-bond acceptors (Lipinski definition) is 3. The zero-order valence-electron chi connectivity index (χ0n) is 21.1. The first kappa shape index (κ1) is 23.9. The summed E-state index contributed by atoms with van der Waals surface area (Å²) in [5.74, 6) is 1.52. The van der Waals surface area contributed by atoms with E-state index in [-0.39, 0.29) is 5.91 Å². The highest BCUT2D eigenvalue weighted by molar-refractivity contribution is 5.95. The third-order valence-corrected chi connectivity index (χ3v) is 7.00. The second kappa shape index (κ2) is 10.4. The molecule has 0 saturated carbocycles. The molecule has 0 fully saturated rings. The Morgan fingerprint density at radius 1 is 0.971 bits per heavy atom. The van der Waals surface area contributed by atoms with E-state index in [2.05, 4.69) is 42.7 Å². The predicted octanol–water partition coefficient (Wildman–Crippen LogP) is 5.36. The number of carbonyl (C=O) groups excluding carboxylic acids is 1. The summed E-state index contributed by atoms with van der Waals surface area (Å²) in [5, 5.41) is 0. The summed E-state index contributed by atoms with van der Waals surface area (Å²) < 4.78 is 13.1. The molecule has 5 nitrogen and oxygen atoms in total. The number of aromatic nitrogens is 1. The summed E-state index contributed by atoms with van der Waals surface area (Å²) in [6.45, 7) is 5.62. The second-order valence-corrected chi connectivity index (χ2v) is 9.35. The molecule has 0 bridgehead atoms. The summed E-state index contributed by atoms with van der Waals surface area (Å²) in [6.07, 6.45) is 5.25. The van der Waals surface area contributed by atoms with E-state index < -0.39 is 0 Å². The van der Waals surface area contributed by atoms with E-state index in [1.165, 1.54) is 35.2 Å². The van der Waals surface area contributed by atoms with Crippen LogP contribution in [0.2, 0.25) is 0 Å². The quantitative estimate of drug-likeness (QED) is 0.454. The minimum Gasteiger partial charge on any atom is -0.493 e. The molecule has 34 heavy (non-hydrogen) atoms. The van der Waals surface area contributed by atoms with Crippen LogP contribution in [0.4, 0.5) is 0 Å². The number of nitrogens with zero attached hydrogens (tertiary/aromatic N) is 2. The second-order valence-electron chi connectivity index (χ2n) is 9.35. The van der Waals surface area contributed by atoms with Gasteiger partial charge >= 0.3 is 0 Å². The number of likely N-dealkylation sites (N-methyl/N-ethyl adjacent to an activating group) is 1. The molecule has 1 aliphatic rings. The first-order chi connectivity index (χ1) is 16.4. The van der Waals surface area contributed by atoms with Gasteiger partial charge in [-0.15, -0.1) is 0 Å². The number of hydrogen-bond donors (Lipinski definition) is 0. The molecule has 180 valence electrons. The fraction of sp³-hybridized carbons (Fsp3) is 0.414. The minimum absolute atomic E-state index is 0.0972. The van der Waals surface area contributed by atoms with Gasteiger partial charge in [0.15, 0.2) is 11.5 Å². The SMILES string of the molecule is COc1ccc(CCN(C)C(=O)c2c(C)c3c(n2Cc2cccc(C)c2)CCCC3)cc1OC. The van der Waals surface area contributed by atoms with Gasteiger partial charge in [0.05, 0.1) is 14.2 Å². The Kier molecular flexibility index (Phi) is 7.30. The van der Waals surface area contributed by atoms with Gasteiger partial charge in [0.25, 0.3) is 5.91 Å². The van der Waals surface area contributed by atoms with Gasteiger partial charge in [-0.3, -0.25) is 4.79 Å². The largest absolute Gasteiger partial charge is 0.493 e. The van der Waals surface area contributed by atoms with Crippen LogP contribution in [-0.2, 0) is 25.8 Å². The van der Waals surface area contributed by atoms with E-state index in [0.29, 0.717) is 18.0 Å². The fourth-order valence-electron chi connectivity index (χ4n) is 5.13. The topological polar surface area (TPSA) is 43.7 Å². The smallest absolute Gasteiger partial charge is 0.270 e. The highest BCUT2D eigenvalue weighted by atomic mass is 16.5. The number of carbonyl (C=O) groups is 1. The normalized spacial score (nSPS) is 12.9. The van der Waals surface area contributed by atoms with Crippen molar-refractivity contribution >= 4 is 5.91 Å². The fourth-order valence-corrected chi connectivity index (χ4v) is 5.13. The van der Waals surface area contributed by atoms with Crippen molar-refractivity contribution in [3.63, 3.8) is 0 Å². The van der Waals surface area contributed by atoms with Crippen LogP contribution in [-0.4, -0.2) is 43.2 Å². The van der Waals surface area contributed by atoms with E-state index in [9.17, 15) is 4.79 Å². The van der Waals surface area contributed by atoms with Crippen molar-refractivity contribution in [2.45, 2.75) is 52.5 Å². The highest BCUT2D eigenvalue weighted by Gasteiger charge is 2.28. The average molecular weight is 461 g/mol. The van der Waals surface area contributed by atoms with Crippen molar-refractivity contribution in [3.8, 4) is 11.5 Å². The molecular formula is C29H36N2O3. The zero-order chi connectivity index (χ0) is 24.2. The van der Waals surface area contributed by atoms with Crippen LogP contribution in [0.15, 0.2) is 42.5 Å². The molecule has 1 amide bonds. The molecule has 5 heteroatoms. The number of benzene rings is 2. The van der Waals surface area contributed by atoms with Gasteiger partial charge in [0.2, 0.25) is 0 Å². The van der Waals surface area contributed by atoms with Crippen LogP contribution < -0.4 is 9.47 Å². The molecule has 1 aromatic heterocycles. The summed E-state index contributed by atoms with van der Waals surface area (Å²) in [4.78, 5) is 15.6. The Morgan fingerprint density at radius 2 is 1.74 bits per heavy atom.